The van der Waals surface area contributed by atoms with Crippen LogP contribution in [0, 0.1) is 6.92 Å². The van der Waals surface area contributed by atoms with Crippen LogP contribution in [0.25, 0.3) is 10.9 Å². The van der Waals surface area contributed by atoms with Gasteiger partial charge in [0.05, 0.1) is 7.11 Å². The van der Waals surface area contributed by atoms with Gasteiger partial charge in [0.15, 0.2) is 0 Å². The summed E-state index contributed by atoms with van der Waals surface area (Å²) in [6.07, 6.45) is 1.13. The average Bonchev–Trinajstić information content (AvgIpc) is 2.97. The Kier molecular flexibility index (Phi) is 5.08. The van der Waals surface area contributed by atoms with E-state index in [0.717, 1.165) is 44.9 Å². The van der Waals surface area contributed by atoms with E-state index >= 15 is 0 Å². The van der Waals surface area contributed by atoms with Crippen molar-refractivity contribution >= 4 is 16.7 Å². The van der Waals surface area contributed by atoms with Crippen LogP contribution >= 0.6 is 0 Å². The molecule has 142 valence electrons. The van der Waals surface area contributed by atoms with Gasteiger partial charge in [0.25, 0.3) is 0 Å². The monoisotopic (exact) mass is 363 g/mol. The molecule has 4 nitrogen and oxygen atoms in total. The van der Waals surface area contributed by atoms with E-state index < -0.39 is 0 Å². The first-order chi connectivity index (χ1) is 13.2. The fourth-order valence-corrected chi connectivity index (χ4v) is 4.29. The third-order valence-corrected chi connectivity index (χ3v) is 5.85. The van der Waals surface area contributed by atoms with E-state index in [2.05, 4.69) is 70.8 Å². The second-order valence-electron chi connectivity index (χ2n) is 7.45. The maximum atomic E-state index is 5.42. The van der Waals surface area contributed by atoms with E-state index in [1.165, 1.54) is 27.8 Å². The standard InChI is InChI=1S/C23H29N3O/c1-18-21-17-20(27-3)9-10-22(21)24(2)23(18)26-15-13-25(14-16-26)12-11-19-7-5-4-6-8-19/h4-10,17H,11-16H2,1-3H3. The summed E-state index contributed by atoms with van der Waals surface area (Å²) < 4.78 is 7.76. The van der Waals surface area contributed by atoms with Gasteiger partial charge in [-0.25, -0.2) is 0 Å². The minimum atomic E-state index is 0.925. The Bertz CT molecular complexity index is 908. The second kappa shape index (κ2) is 7.65. The molecule has 0 atom stereocenters. The SMILES string of the molecule is COc1ccc2c(c1)c(C)c(N1CCN(CCc3ccccc3)CC1)n2C. The lowest BCUT2D eigenvalue weighted by Crippen LogP contribution is -2.47. The highest BCUT2D eigenvalue weighted by atomic mass is 16.5. The molecule has 0 N–H and O–H groups in total. The van der Waals surface area contributed by atoms with Gasteiger partial charge in [0, 0.05) is 50.7 Å². The number of piperazine rings is 1. The normalized spacial score (nSPS) is 15.4. The molecule has 4 heteroatoms. The predicted octanol–water partition coefficient (Wildman–Crippen LogP) is 3.86. The number of aromatic nitrogens is 1. The van der Waals surface area contributed by atoms with Gasteiger partial charge in [-0.05, 0) is 42.7 Å². The van der Waals surface area contributed by atoms with Crippen molar-refractivity contribution in [1.82, 2.24) is 9.47 Å². The van der Waals surface area contributed by atoms with Gasteiger partial charge >= 0.3 is 0 Å². The largest absolute Gasteiger partial charge is 0.497 e. The zero-order valence-corrected chi connectivity index (χ0v) is 16.6. The first-order valence-corrected chi connectivity index (χ1v) is 9.81. The van der Waals surface area contributed by atoms with Crippen LogP contribution in [0.2, 0.25) is 0 Å². The summed E-state index contributed by atoms with van der Waals surface area (Å²) in [5.74, 6) is 2.27. The molecule has 1 aromatic heterocycles. The molecule has 0 spiro atoms. The van der Waals surface area contributed by atoms with Crippen LogP contribution in [0.1, 0.15) is 11.1 Å². The van der Waals surface area contributed by atoms with E-state index in [1.54, 1.807) is 7.11 Å². The number of hydrogen-bond acceptors (Lipinski definition) is 3. The molecule has 3 aromatic rings. The Morgan fingerprint density at radius 1 is 0.963 bits per heavy atom. The molecule has 1 fully saturated rings. The second-order valence-corrected chi connectivity index (χ2v) is 7.45. The lowest BCUT2D eigenvalue weighted by molar-refractivity contribution is 0.260. The lowest BCUT2D eigenvalue weighted by atomic mass is 10.1. The van der Waals surface area contributed by atoms with Crippen molar-refractivity contribution in [3.8, 4) is 5.75 Å². The van der Waals surface area contributed by atoms with Crippen molar-refractivity contribution in [3.63, 3.8) is 0 Å². The Hall–Kier alpha value is -2.46. The quantitative estimate of drug-likeness (QED) is 0.687. The molecule has 0 aliphatic carbocycles. The Balaban J connectivity index is 1.45. The third kappa shape index (κ3) is 3.54. The van der Waals surface area contributed by atoms with E-state index in [0.29, 0.717) is 0 Å². The van der Waals surface area contributed by atoms with Gasteiger partial charge < -0.3 is 14.2 Å². The molecule has 0 radical (unpaired) electrons. The van der Waals surface area contributed by atoms with Crippen molar-refractivity contribution in [2.24, 2.45) is 7.05 Å². The molecule has 1 saturated heterocycles. The summed E-state index contributed by atoms with van der Waals surface area (Å²) in [7, 11) is 3.91. The summed E-state index contributed by atoms with van der Waals surface area (Å²) in [5.41, 5.74) is 4.05. The summed E-state index contributed by atoms with van der Waals surface area (Å²) in [6.45, 7) is 7.78. The highest BCUT2D eigenvalue weighted by molar-refractivity contribution is 5.91. The van der Waals surface area contributed by atoms with Gasteiger partial charge in [-0.3, -0.25) is 4.90 Å². The minimum Gasteiger partial charge on any atom is -0.497 e. The predicted molar refractivity (Wildman–Crippen MR) is 113 cm³/mol. The fraction of sp³-hybridized carbons (Fsp3) is 0.391. The highest BCUT2D eigenvalue weighted by Gasteiger charge is 2.22. The first kappa shape index (κ1) is 17.9. The number of hydrogen-bond donors (Lipinski definition) is 0. The number of benzene rings is 2. The van der Waals surface area contributed by atoms with Crippen LogP contribution in [0.5, 0.6) is 5.75 Å². The molecule has 1 aliphatic rings. The summed E-state index contributed by atoms with van der Waals surface area (Å²) in [5, 5.41) is 1.29. The van der Waals surface area contributed by atoms with E-state index in [4.69, 9.17) is 4.74 Å². The molecule has 1 aliphatic heterocycles. The Labute approximate surface area is 162 Å². The summed E-state index contributed by atoms with van der Waals surface area (Å²) in [6, 6.07) is 17.2. The van der Waals surface area contributed by atoms with Crippen LogP contribution in [-0.4, -0.2) is 49.3 Å². The number of methoxy groups -OCH3 is 1. The topological polar surface area (TPSA) is 20.6 Å². The van der Waals surface area contributed by atoms with Crippen LogP contribution in [-0.2, 0) is 13.5 Å². The van der Waals surface area contributed by atoms with Crippen molar-refractivity contribution < 1.29 is 4.74 Å². The van der Waals surface area contributed by atoms with Crippen LogP contribution in [0.3, 0.4) is 0 Å². The maximum Gasteiger partial charge on any atom is 0.119 e. The third-order valence-electron chi connectivity index (χ3n) is 5.85. The molecule has 0 unspecified atom stereocenters. The van der Waals surface area contributed by atoms with E-state index in [1.807, 2.05) is 6.07 Å². The molecule has 2 heterocycles. The Morgan fingerprint density at radius 2 is 1.70 bits per heavy atom. The molecular formula is C23H29N3O. The molecule has 0 bridgehead atoms. The number of rotatable bonds is 5. The summed E-state index contributed by atoms with van der Waals surface area (Å²) in [4.78, 5) is 5.13. The van der Waals surface area contributed by atoms with Crippen molar-refractivity contribution in [2.75, 3.05) is 44.7 Å². The molecule has 4 rings (SSSR count). The van der Waals surface area contributed by atoms with Gasteiger partial charge in [0.1, 0.15) is 11.6 Å². The van der Waals surface area contributed by atoms with Gasteiger partial charge in [-0.2, -0.15) is 0 Å². The number of fused-ring (bicyclic) bond motifs is 1. The maximum absolute atomic E-state index is 5.42. The number of nitrogens with zero attached hydrogens (tertiary/aromatic N) is 3. The Morgan fingerprint density at radius 3 is 2.41 bits per heavy atom. The number of ether oxygens (including phenoxy) is 1. The van der Waals surface area contributed by atoms with Crippen LogP contribution < -0.4 is 9.64 Å². The highest BCUT2D eigenvalue weighted by Crippen LogP contribution is 2.34. The molecule has 0 amide bonds. The van der Waals surface area contributed by atoms with Gasteiger partial charge in [-0.1, -0.05) is 30.3 Å². The minimum absolute atomic E-state index is 0.925. The molecular weight excluding hydrogens is 334 g/mol. The van der Waals surface area contributed by atoms with Gasteiger partial charge in [-0.15, -0.1) is 0 Å². The fourth-order valence-electron chi connectivity index (χ4n) is 4.29. The van der Waals surface area contributed by atoms with Crippen LogP contribution in [0.4, 0.5) is 5.82 Å². The molecule has 0 saturated carbocycles. The van der Waals surface area contributed by atoms with Crippen molar-refractivity contribution in [3.05, 3.63) is 59.7 Å². The number of aryl methyl sites for hydroxylation is 2. The average molecular weight is 364 g/mol. The first-order valence-electron chi connectivity index (χ1n) is 9.81. The molecule has 2 aromatic carbocycles. The van der Waals surface area contributed by atoms with E-state index in [9.17, 15) is 0 Å². The van der Waals surface area contributed by atoms with Crippen molar-refractivity contribution in [1.29, 1.82) is 0 Å². The van der Waals surface area contributed by atoms with Crippen LogP contribution in [0.15, 0.2) is 48.5 Å². The zero-order chi connectivity index (χ0) is 18.8. The number of anilines is 1. The molecule has 27 heavy (non-hydrogen) atoms. The van der Waals surface area contributed by atoms with Crippen molar-refractivity contribution in [2.45, 2.75) is 13.3 Å². The van der Waals surface area contributed by atoms with Gasteiger partial charge in [0.2, 0.25) is 0 Å². The van der Waals surface area contributed by atoms with E-state index in [-0.39, 0.29) is 0 Å². The lowest BCUT2D eigenvalue weighted by Gasteiger charge is -2.36. The smallest absolute Gasteiger partial charge is 0.119 e. The summed E-state index contributed by atoms with van der Waals surface area (Å²) >= 11 is 0. The zero-order valence-electron chi connectivity index (χ0n) is 16.6.